The number of imidazole rings is 1. The third-order valence-electron chi connectivity index (χ3n) is 2.31. The molecule has 1 aromatic heterocycles. The first-order chi connectivity index (χ1) is 7.83. The quantitative estimate of drug-likeness (QED) is 0.710. The van der Waals surface area contributed by atoms with Gasteiger partial charge in [0.05, 0.1) is 6.33 Å². The summed E-state index contributed by atoms with van der Waals surface area (Å²) in [6.45, 7) is 2.52. The zero-order valence-corrected chi connectivity index (χ0v) is 12.2. The first-order valence-corrected chi connectivity index (χ1v) is 5.70. The molecule has 1 amide bonds. The lowest BCUT2D eigenvalue weighted by atomic mass is 10.3. The molecule has 1 aromatic rings. The number of hydrogen-bond donors (Lipinski definition) is 2. The van der Waals surface area contributed by atoms with Crippen LogP contribution < -0.4 is 10.6 Å². The van der Waals surface area contributed by atoms with Gasteiger partial charge in [0.1, 0.15) is 0 Å². The van der Waals surface area contributed by atoms with E-state index in [1.54, 1.807) is 12.5 Å². The van der Waals surface area contributed by atoms with Crippen molar-refractivity contribution >= 4 is 30.7 Å². The highest BCUT2D eigenvalue weighted by atomic mass is 35.5. The fourth-order valence-corrected chi connectivity index (χ4v) is 1.42. The SMILES string of the molecule is CNCCCC(=O)NCCCn1ccnc1.Cl.Cl. The number of carbonyl (C=O) groups excluding carboxylic acids is 1. The molecule has 0 unspecified atom stereocenters. The van der Waals surface area contributed by atoms with E-state index in [4.69, 9.17) is 0 Å². The summed E-state index contributed by atoms with van der Waals surface area (Å²) in [5.41, 5.74) is 0. The van der Waals surface area contributed by atoms with Gasteiger partial charge in [-0.3, -0.25) is 4.79 Å². The van der Waals surface area contributed by atoms with Crippen molar-refractivity contribution < 1.29 is 4.79 Å². The number of rotatable bonds is 8. The molecule has 2 N–H and O–H groups in total. The van der Waals surface area contributed by atoms with Crippen LogP contribution in [0.25, 0.3) is 0 Å². The minimum absolute atomic E-state index is 0. The van der Waals surface area contributed by atoms with Crippen LogP contribution in [0.15, 0.2) is 18.7 Å². The van der Waals surface area contributed by atoms with E-state index in [-0.39, 0.29) is 30.7 Å². The number of aromatic nitrogens is 2. The second-order valence-electron chi connectivity index (χ2n) is 3.71. The summed E-state index contributed by atoms with van der Waals surface area (Å²) in [5.74, 6) is 0.140. The van der Waals surface area contributed by atoms with Crippen molar-refractivity contribution in [3.05, 3.63) is 18.7 Å². The Hall–Kier alpha value is -0.780. The van der Waals surface area contributed by atoms with E-state index in [0.29, 0.717) is 6.42 Å². The minimum atomic E-state index is 0. The molecule has 18 heavy (non-hydrogen) atoms. The second kappa shape index (κ2) is 12.7. The normalized spacial score (nSPS) is 9.17. The van der Waals surface area contributed by atoms with Crippen LogP contribution in [0.4, 0.5) is 0 Å². The number of halogens is 2. The lowest BCUT2D eigenvalue weighted by Gasteiger charge is -2.05. The third-order valence-corrected chi connectivity index (χ3v) is 2.31. The van der Waals surface area contributed by atoms with Crippen molar-refractivity contribution in [2.24, 2.45) is 0 Å². The number of hydrogen-bond acceptors (Lipinski definition) is 3. The number of aryl methyl sites for hydroxylation is 1. The molecule has 1 rings (SSSR count). The van der Waals surface area contributed by atoms with Crippen LogP contribution >= 0.6 is 24.8 Å². The predicted octanol–water partition coefficient (Wildman–Crippen LogP) is 1.23. The van der Waals surface area contributed by atoms with Gasteiger partial charge in [-0.15, -0.1) is 24.8 Å². The van der Waals surface area contributed by atoms with Crippen molar-refractivity contribution in [2.45, 2.75) is 25.8 Å². The van der Waals surface area contributed by atoms with Crippen molar-refractivity contribution in [2.75, 3.05) is 20.1 Å². The van der Waals surface area contributed by atoms with E-state index in [1.807, 2.05) is 17.8 Å². The third kappa shape index (κ3) is 9.27. The summed E-state index contributed by atoms with van der Waals surface area (Å²) < 4.78 is 2.01. The van der Waals surface area contributed by atoms with Gasteiger partial charge in [-0.25, -0.2) is 4.98 Å². The summed E-state index contributed by atoms with van der Waals surface area (Å²) in [7, 11) is 1.89. The molecule has 0 fully saturated rings. The summed E-state index contributed by atoms with van der Waals surface area (Å²) in [6, 6.07) is 0. The molecule has 106 valence electrons. The molecule has 0 aliphatic heterocycles. The molecule has 0 aromatic carbocycles. The number of amides is 1. The van der Waals surface area contributed by atoms with Gasteiger partial charge in [-0.05, 0) is 26.4 Å². The van der Waals surface area contributed by atoms with Gasteiger partial charge in [0.2, 0.25) is 5.91 Å². The highest BCUT2D eigenvalue weighted by molar-refractivity contribution is 5.85. The Kier molecular flexibility index (Phi) is 13.8. The zero-order chi connectivity index (χ0) is 11.6. The van der Waals surface area contributed by atoms with Crippen molar-refractivity contribution in [1.29, 1.82) is 0 Å². The molecule has 7 heteroatoms. The van der Waals surface area contributed by atoms with E-state index in [1.165, 1.54) is 0 Å². The van der Waals surface area contributed by atoms with Gasteiger partial charge >= 0.3 is 0 Å². The van der Waals surface area contributed by atoms with Crippen LogP contribution in [0.5, 0.6) is 0 Å². The Balaban J connectivity index is 0. The monoisotopic (exact) mass is 296 g/mol. The van der Waals surface area contributed by atoms with E-state index in [0.717, 1.165) is 32.5 Å². The molecule has 0 saturated carbocycles. The Morgan fingerprint density at radius 2 is 2.06 bits per heavy atom. The van der Waals surface area contributed by atoms with E-state index in [9.17, 15) is 4.79 Å². The molecule has 0 radical (unpaired) electrons. The zero-order valence-electron chi connectivity index (χ0n) is 10.6. The van der Waals surface area contributed by atoms with E-state index < -0.39 is 0 Å². The Morgan fingerprint density at radius 3 is 2.67 bits per heavy atom. The van der Waals surface area contributed by atoms with E-state index >= 15 is 0 Å². The van der Waals surface area contributed by atoms with Crippen LogP contribution in [0.3, 0.4) is 0 Å². The molecule has 0 spiro atoms. The molecule has 1 heterocycles. The minimum Gasteiger partial charge on any atom is -0.356 e. The Morgan fingerprint density at radius 1 is 1.28 bits per heavy atom. The van der Waals surface area contributed by atoms with Crippen LogP contribution in [-0.2, 0) is 11.3 Å². The lowest BCUT2D eigenvalue weighted by molar-refractivity contribution is -0.121. The number of nitrogens with one attached hydrogen (secondary N) is 2. The number of nitrogens with zero attached hydrogens (tertiary/aromatic N) is 2. The molecule has 0 atom stereocenters. The summed E-state index contributed by atoms with van der Waals surface area (Å²) in [6.07, 6.45) is 7.91. The molecular formula is C11H22Cl2N4O. The van der Waals surface area contributed by atoms with Gasteiger partial charge in [-0.1, -0.05) is 0 Å². The van der Waals surface area contributed by atoms with Crippen molar-refractivity contribution in [3.8, 4) is 0 Å². The standard InChI is InChI=1S/C11H20N4O.2ClH/c1-12-5-2-4-11(16)14-6-3-8-15-9-7-13-10-15;;/h7,9-10,12H,2-6,8H2,1H3,(H,14,16);2*1H. The Bertz CT molecular complexity index is 293. The van der Waals surface area contributed by atoms with Crippen LogP contribution in [0.1, 0.15) is 19.3 Å². The average Bonchev–Trinajstić information content (AvgIpc) is 2.78. The van der Waals surface area contributed by atoms with Gasteiger partial charge in [-0.2, -0.15) is 0 Å². The summed E-state index contributed by atoms with van der Waals surface area (Å²) in [4.78, 5) is 15.3. The fourth-order valence-electron chi connectivity index (χ4n) is 1.42. The second-order valence-corrected chi connectivity index (χ2v) is 3.71. The highest BCUT2D eigenvalue weighted by Gasteiger charge is 1.99. The largest absolute Gasteiger partial charge is 0.356 e. The maximum absolute atomic E-state index is 11.3. The van der Waals surface area contributed by atoms with Crippen LogP contribution in [0, 0.1) is 0 Å². The molecular weight excluding hydrogens is 275 g/mol. The lowest BCUT2D eigenvalue weighted by Crippen LogP contribution is -2.25. The summed E-state index contributed by atoms with van der Waals surface area (Å²) in [5, 5.41) is 5.92. The highest BCUT2D eigenvalue weighted by Crippen LogP contribution is 1.90. The smallest absolute Gasteiger partial charge is 0.220 e. The molecule has 0 aliphatic carbocycles. The fraction of sp³-hybridized carbons (Fsp3) is 0.636. The topological polar surface area (TPSA) is 59.0 Å². The molecule has 0 bridgehead atoms. The maximum Gasteiger partial charge on any atom is 0.220 e. The molecule has 5 nitrogen and oxygen atoms in total. The van der Waals surface area contributed by atoms with Crippen LogP contribution in [-0.4, -0.2) is 35.6 Å². The van der Waals surface area contributed by atoms with Crippen molar-refractivity contribution in [3.63, 3.8) is 0 Å². The van der Waals surface area contributed by atoms with Gasteiger partial charge in [0.15, 0.2) is 0 Å². The van der Waals surface area contributed by atoms with Crippen molar-refractivity contribution in [1.82, 2.24) is 20.2 Å². The predicted molar refractivity (Wildman–Crippen MR) is 77.5 cm³/mol. The summed E-state index contributed by atoms with van der Waals surface area (Å²) >= 11 is 0. The van der Waals surface area contributed by atoms with Gasteiger partial charge < -0.3 is 15.2 Å². The first-order valence-electron chi connectivity index (χ1n) is 5.70. The van der Waals surface area contributed by atoms with Gasteiger partial charge in [0.25, 0.3) is 0 Å². The van der Waals surface area contributed by atoms with Gasteiger partial charge in [0, 0.05) is 31.9 Å². The number of carbonyl (C=O) groups is 1. The Labute approximate surface area is 121 Å². The average molecular weight is 297 g/mol. The van der Waals surface area contributed by atoms with E-state index in [2.05, 4.69) is 15.6 Å². The molecule has 0 saturated heterocycles. The van der Waals surface area contributed by atoms with Crippen LogP contribution in [0.2, 0.25) is 0 Å². The maximum atomic E-state index is 11.3. The molecule has 0 aliphatic rings. The first kappa shape index (κ1) is 19.6.